The van der Waals surface area contributed by atoms with Crippen molar-refractivity contribution < 1.29 is 0 Å². The van der Waals surface area contributed by atoms with Crippen molar-refractivity contribution in [2.75, 3.05) is 0 Å². The molecule has 64 valence electrons. The summed E-state index contributed by atoms with van der Waals surface area (Å²) < 4.78 is 0.538. The molecule has 12 heavy (non-hydrogen) atoms. The molecule has 0 radical (unpaired) electrons. The van der Waals surface area contributed by atoms with Gasteiger partial charge in [-0.2, -0.15) is 0 Å². The molecule has 1 aliphatic rings. The highest BCUT2D eigenvalue weighted by Crippen LogP contribution is 2.14. The molecule has 0 aromatic rings. The normalized spacial score (nSPS) is 33.2. The van der Waals surface area contributed by atoms with Crippen molar-refractivity contribution in [3.8, 4) is 0 Å². The molecule has 0 spiro atoms. The molecular weight excluding hydrogens is 261 g/mol. The second-order valence-electron chi connectivity index (χ2n) is 2.67. The molecule has 0 aromatic carbocycles. The molecule has 0 aromatic heterocycles. The Kier molecular flexibility index (Phi) is 3.59. The van der Waals surface area contributed by atoms with Gasteiger partial charge in [0.1, 0.15) is 0 Å². The number of hydrogen-bond donors (Lipinski definition) is 1. The quantitative estimate of drug-likeness (QED) is 0.577. The van der Waals surface area contributed by atoms with Crippen molar-refractivity contribution in [3.63, 3.8) is 0 Å². The summed E-state index contributed by atoms with van der Waals surface area (Å²) in [5, 5.41) is 0. The Hall–Kier alpha value is -0.510. The molecule has 1 atom stereocenters. The molecule has 0 fully saturated rings. The molecule has 1 aliphatic carbocycles. The van der Waals surface area contributed by atoms with Crippen molar-refractivity contribution >= 4 is 22.6 Å². The van der Waals surface area contributed by atoms with Crippen LogP contribution in [0.15, 0.2) is 47.7 Å². The van der Waals surface area contributed by atoms with Gasteiger partial charge >= 0.3 is 0 Å². The van der Waals surface area contributed by atoms with Gasteiger partial charge in [-0.05, 0) is 24.6 Å². The maximum absolute atomic E-state index is 5.62. The van der Waals surface area contributed by atoms with Crippen LogP contribution in [0, 0.1) is 0 Å². The third-order valence-electron chi connectivity index (χ3n) is 1.61. The topological polar surface area (TPSA) is 26.0 Å². The summed E-state index contributed by atoms with van der Waals surface area (Å²) in [6.45, 7) is 2.17. The minimum absolute atomic E-state index is 0.538. The van der Waals surface area contributed by atoms with E-state index in [1.54, 1.807) is 0 Å². The van der Waals surface area contributed by atoms with Crippen LogP contribution in [0.1, 0.15) is 6.92 Å². The van der Waals surface area contributed by atoms with E-state index in [1.807, 2.05) is 24.3 Å². The van der Waals surface area contributed by atoms with Crippen molar-refractivity contribution in [1.29, 1.82) is 0 Å². The highest BCUT2D eigenvalue weighted by atomic mass is 127. The number of alkyl halides is 1. The first-order chi connectivity index (χ1) is 5.70. The van der Waals surface area contributed by atoms with Gasteiger partial charge in [0.15, 0.2) is 0 Å². The summed E-state index contributed by atoms with van der Waals surface area (Å²) in [4.78, 5) is 0. The lowest BCUT2D eigenvalue weighted by Crippen LogP contribution is -1.95. The van der Waals surface area contributed by atoms with Crippen LogP contribution in [0.4, 0.5) is 0 Å². The van der Waals surface area contributed by atoms with E-state index in [0.29, 0.717) is 3.92 Å². The van der Waals surface area contributed by atoms with Crippen LogP contribution in [-0.2, 0) is 0 Å². The van der Waals surface area contributed by atoms with Gasteiger partial charge in [-0.1, -0.05) is 46.9 Å². The molecule has 2 N–H and O–H groups in total. The molecule has 0 amide bonds. The number of halogens is 1. The van der Waals surface area contributed by atoms with E-state index >= 15 is 0 Å². The predicted octanol–water partition coefficient (Wildman–Crippen LogP) is 2.70. The van der Waals surface area contributed by atoms with Gasteiger partial charge < -0.3 is 5.73 Å². The van der Waals surface area contributed by atoms with E-state index in [4.69, 9.17) is 5.73 Å². The van der Waals surface area contributed by atoms with Gasteiger partial charge in [-0.3, -0.25) is 0 Å². The zero-order valence-corrected chi connectivity index (χ0v) is 9.15. The lowest BCUT2D eigenvalue weighted by atomic mass is 10.1. The maximum atomic E-state index is 5.62. The SMILES string of the molecule is CC(I)C1=C/C=C\C(N)=C/C=C\1. The van der Waals surface area contributed by atoms with Crippen LogP contribution in [0.25, 0.3) is 0 Å². The number of hydrogen-bond acceptors (Lipinski definition) is 1. The van der Waals surface area contributed by atoms with Crippen molar-refractivity contribution in [3.05, 3.63) is 47.7 Å². The Bertz CT molecular complexity index is 270. The van der Waals surface area contributed by atoms with Crippen LogP contribution in [-0.4, -0.2) is 3.92 Å². The summed E-state index contributed by atoms with van der Waals surface area (Å²) in [5.41, 5.74) is 7.73. The highest BCUT2D eigenvalue weighted by Gasteiger charge is 1.99. The second kappa shape index (κ2) is 4.50. The van der Waals surface area contributed by atoms with Gasteiger partial charge in [-0.15, -0.1) is 0 Å². The Morgan fingerprint density at radius 2 is 1.92 bits per heavy atom. The molecule has 0 bridgehead atoms. The fourth-order valence-electron chi connectivity index (χ4n) is 0.917. The third-order valence-corrected chi connectivity index (χ3v) is 2.33. The molecule has 1 rings (SSSR count). The van der Waals surface area contributed by atoms with Crippen LogP contribution in [0.2, 0.25) is 0 Å². The average Bonchev–Trinajstić information content (AvgIpc) is 1.95. The van der Waals surface area contributed by atoms with E-state index in [2.05, 4.69) is 41.7 Å². The summed E-state index contributed by atoms with van der Waals surface area (Å²) in [6.07, 6.45) is 12.0. The molecular formula is C10H12IN. The van der Waals surface area contributed by atoms with E-state index in [-0.39, 0.29) is 0 Å². The van der Waals surface area contributed by atoms with Gasteiger partial charge in [0, 0.05) is 9.62 Å². The van der Waals surface area contributed by atoms with Crippen LogP contribution in [0.5, 0.6) is 0 Å². The zero-order chi connectivity index (χ0) is 8.97. The number of rotatable bonds is 1. The largest absolute Gasteiger partial charge is 0.399 e. The minimum atomic E-state index is 0.538. The Morgan fingerprint density at radius 1 is 1.25 bits per heavy atom. The van der Waals surface area contributed by atoms with Gasteiger partial charge in [0.2, 0.25) is 0 Å². The highest BCUT2D eigenvalue weighted by molar-refractivity contribution is 14.1. The third kappa shape index (κ3) is 2.85. The lowest BCUT2D eigenvalue weighted by Gasteiger charge is -2.04. The van der Waals surface area contributed by atoms with Crippen molar-refractivity contribution in [2.45, 2.75) is 10.8 Å². The van der Waals surface area contributed by atoms with Crippen molar-refractivity contribution in [2.24, 2.45) is 5.73 Å². The number of nitrogens with two attached hydrogens (primary N) is 1. The summed E-state index contributed by atoms with van der Waals surface area (Å²) >= 11 is 2.39. The molecule has 0 aliphatic heterocycles. The molecule has 1 nitrogen and oxygen atoms in total. The summed E-state index contributed by atoms with van der Waals surface area (Å²) in [7, 11) is 0. The van der Waals surface area contributed by atoms with E-state index in [1.165, 1.54) is 5.57 Å². The molecule has 0 saturated heterocycles. The Labute approximate surface area is 86.9 Å². The predicted molar refractivity (Wildman–Crippen MR) is 62.1 cm³/mol. The molecule has 1 unspecified atom stereocenters. The Balaban J connectivity index is 2.83. The maximum Gasteiger partial charge on any atom is 0.0331 e. The van der Waals surface area contributed by atoms with Crippen LogP contribution in [0.3, 0.4) is 0 Å². The lowest BCUT2D eigenvalue weighted by molar-refractivity contribution is 1.21. The van der Waals surface area contributed by atoms with E-state index in [9.17, 15) is 0 Å². The fourth-order valence-corrected chi connectivity index (χ4v) is 1.33. The minimum Gasteiger partial charge on any atom is -0.399 e. The first-order valence-corrected chi connectivity index (χ1v) is 5.11. The van der Waals surface area contributed by atoms with Crippen LogP contribution < -0.4 is 5.73 Å². The monoisotopic (exact) mass is 273 g/mol. The summed E-state index contributed by atoms with van der Waals surface area (Å²) in [6, 6.07) is 0. The standard InChI is InChI=1S/C10H12IN/c1-8(11)9-4-2-6-10(12)7-3-5-9/h2-8H,12H2,1H3/b4-2-,5-3?,6-2?,7-3-,9-4?,9-5+,10-6+,10-7?. The summed E-state index contributed by atoms with van der Waals surface area (Å²) in [5.74, 6) is 0. The second-order valence-corrected chi connectivity index (χ2v) is 4.54. The van der Waals surface area contributed by atoms with Gasteiger partial charge in [0.25, 0.3) is 0 Å². The Morgan fingerprint density at radius 3 is 2.58 bits per heavy atom. The van der Waals surface area contributed by atoms with E-state index in [0.717, 1.165) is 5.70 Å². The van der Waals surface area contributed by atoms with Gasteiger partial charge in [-0.25, -0.2) is 0 Å². The van der Waals surface area contributed by atoms with Crippen LogP contribution >= 0.6 is 22.6 Å². The van der Waals surface area contributed by atoms with Gasteiger partial charge in [0.05, 0.1) is 0 Å². The molecule has 0 heterocycles. The number of allylic oxidation sites excluding steroid dienone is 7. The first kappa shape index (κ1) is 9.58. The smallest absolute Gasteiger partial charge is 0.0331 e. The van der Waals surface area contributed by atoms with E-state index < -0.39 is 0 Å². The zero-order valence-electron chi connectivity index (χ0n) is 7.00. The first-order valence-electron chi connectivity index (χ1n) is 3.86. The average molecular weight is 273 g/mol. The molecule has 0 saturated carbocycles. The fraction of sp³-hybridized carbons (Fsp3) is 0.200. The van der Waals surface area contributed by atoms with Crippen molar-refractivity contribution in [1.82, 2.24) is 0 Å². The molecule has 2 heteroatoms.